The summed E-state index contributed by atoms with van der Waals surface area (Å²) in [5.41, 5.74) is 5.67. The molecule has 0 heterocycles. The molecular weight excluding hydrogens is 224 g/mol. The van der Waals surface area contributed by atoms with Crippen LogP contribution >= 0.6 is 0 Å². The third-order valence-electron chi connectivity index (χ3n) is 3.38. The molecule has 17 heavy (non-hydrogen) atoms. The Morgan fingerprint density at radius 1 is 1.35 bits per heavy atom. The molecule has 4 N–H and O–H groups in total. The van der Waals surface area contributed by atoms with Gasteiger partial charge in [0, 0.05) is 31.7 Å². The third-order valence-corrected chi connectivity index (χ3v) is 3.38. The van der Waals surface area contributed by atoms with Crippen LogP contribution in [-0.2, 0) is 14.4 Å². The number of aliphatic hydroxyl groups excluding tert-OH is 1. The average Bonchev–Trinajstić information content (AvgIpc) is 2.25. The summed E-state index contributed by atoms with van der Waals surface area (Å²) >= 11 is 0. The van der Waals surface area contributed by atoms with E-state index < -0.39 is 29.4 Å². The largest absolute Gasteiger partial charge is 0.503 e. The monoisotopic (exact) mass is 238 g/mol. The maximum atomic E-state index is 11.8. The number of carbonyl (C=O) groups is 3. The normalized spacial score (nSPS) is 32.6. The van der Waals surface area contributed by atoms with Crippen LogP contribution < -0.4 is 11.1 Å². The van der Waals surface area contributed by atoms with E-state index in [1.165, 1.54) is 6.92 Å². The van der Waals surface area contributed by atoms with Gasteiger partial charge in [-0.3, -0.25) is 14.4 Å². The zero-order valence-corrected chi connectivity index (χ0v) is 9.40. The molecule has 1 fully saturated rings. The molecule has 0 saturated heterocycles. The second kappa shape index (κ2) is 3.87. The van der Waals surface area contributed by atoms with Crippen LogP contribution in [0.4, 0.5) is 0 Å². The number of ketones is 2. The molecule has 3 unspecified atom stereocenters. The van der Waals surface area contributed by atoms with Gasteiger partial charge < -0.3 is 16.2 Å². The van der Waals surface area contributed by atoms with Gasteiger partial charge in [0.1, 0.15) is 5.78 Å². The van der Waals surface area contributed by atoms with Crippen molar-refractivity contribution in [1.82, 2.24) is 5.32 Å². The number of allylic oxidation sites excluding steroid dienone is 1. The van der Waals surface area contributed by atoms with Crippen molar-refractivity contribution in [3.8, 4) is 0 Å². The third kappa shape index (κ3) is 1.79. The van der Waals surface area contributed by atoms with Crippen LogP contribution in [0.1, 0.15) is 19.8 Å². The average molecular weight is 238 g/mol. The summed E-state index contributed by atoms with van der Waals surface area (Å²) in [6, 6.07) is -0.478. The van der Waals surface area contributed by atoms with Gasteiger partial charge in [-0.05, 0) is 0 Å². The predicted octanol–water partition coefficient (Wildman–Crippen LogP) is -0.603. The zero-order chi connectivity index (χ0) is 12.7. The van der Waals surface area contributed by atoms with E-state index in [9.17, 15) is 19.5 Å². The van der Waals surface area contributed by atoms with Crippen molar-refractivity contribution in [3.05, 3.63) is 11.5 Å². The SMILES string of the molecule is CC(=O)NC1C2CC(=O)CC1C(N)=C(O)C2=O. The standard InChI is InChI=1S/C11H14N2O4/c1-4(14)13-9-6-2-5(15)3-7(9)10(16)11(17)8(6)12/h6-7,9,17H,2-3,12H2,1H3,(H,13,14). The first-order valence-corrected chi connectivity index (χ1v) is 5.43. The van der Waals surface area contributed by atoms with Gasteiger partial charge in [0.2, 0.25) is 11.7 Å². The van der Waals surface area contributed by atoms with E-state index in [0.717, 1.165) is 0 Å². The van der Waals surface area contributed by atoms with Gasteiger partial charge in [0.05, 0.1) is 11.6 Å². The van der Waals surface area contributed by atoms with E-state index in [1.54, 1.807) is 0 Å². The van der Waals surface area contributed by atoms with Gasteiger partial charge in [-0.1, -0.05) is 0 Å². The highest BCUT2D eigenvalue weighted by Crippen LogP contribution is 2.37. The molecule has 1 amide bonds. The molecule has 6 nitrogen and oxygen atoms in total. The minimum atomic E-state index is -0.683. The van der Waals surface area contributed by atoms with Crippen molar-refractivity contribution in [2.75, 3.05) is 0 Å². The van der Waals surface area contributed by atoms with E-state index in [-0.39, 0.29) is 30.2 Å². The summed E-state index contributed by atoms with van der Waals surface area (Å²) in [5.74, 6) is -2.49. The number of hydrogen-bond donors (Lipinski definition) is 3. The van der Waals surface area contributed by atoms with Crippen LogP contribution in [0, 0.1) is 11.8 Å². The van der Waals surface area contributed by atoms with Crippen LogP contribution in [0.3, 0.4) is 0 Å². The number of fused-ring (bicyclic) bond motifs is 2. The summed E-state index contributed by atoms with van der Waals surface area (Å²) in [5, 5.41) is 12.2. The molecule has 0 aromatic rings. The number of nitrogens with two attached hydrogens (primary N) is 1. The van der Waals surface area contributed by atoms with Gasteiger partial charge in [0.25, 0.3) is 0 Å². The van der Waals surface area contributed by atoms with Crippen LogP contribution in [0.15, 0.2) is 11.5 Å². The van der Waals surface area contributed by atoms with E-state index in [2.05, 4.69) is 5.32 Å². The first kappa shape index (κ1) is 11.6. The van der Waals surface area contributed by atoms with Gasteiger partial charge >= 0.3 is 0 Å². The van der Waals surface area contributed by atoms with Gasteiger partial charge in [-0.2, -0.15) is 0 Å². The van der Waals surface area contributed by atoms with Crippen molar-refractivity contribution in [3.63, 3.8) is 0 Å². The smallest absolute Gasteiger partial charge is 0.217 e. The molecule has 2 aliphatic carbocycles. The Hall–Kier alpha value is -1.85. The topological polar surface area (TPSA) is 109 Å². The number of hydrogen-bond acceptors (Lipinski definition) is 5. The zero-order valence-electron chi connectivity index (χ0n) is 9.40. The van der Waals surface area contributed by atoms with Crippen molar-refractivity contribution in [2.24, 2.45) is 17.6 Å². The molecule has 0 aromatic carbocycles. The van der Waals surface area contributed by atoms with Gasteiger partial charge in [0.15, 0.2) is 5.76 Å². The number of Topliss-reactive ketones (excluding diaryl/α,β-unsaturated/α-hetero) is 2. The van der Waals surface area contributed by atoms with Crippen molar-refractivity contribution >= 4 is 17.5 Å². The Balaban J connectivity index is 2.41. The number of nitrogens with one attached hydrogen (secondary N) is 1. The van der Waals surface area contributed by atoms with Crippen LogP contribution in [-0.4, -0.2) is 28.6 Å². The first-order valence-electron chi connectivity index (χ1n) is 5.43. The van der Waals surface area contributed by atoms with Crippen LogP contribution in [0.2, 0.25) is 0 Å². The number of carbonyl (C=O) groups excluding carboxylic acids is 3. The summed E-state index contributed by atoms with van der Waals surface area (Å²) in [6.45, 7) is 1.34. The molecule has 92 valence electrons. The molecule has 2 aliphatic rings. The maximum absolute atomic E-state index is 11.8. The van der Waals surface area contributed by atoms with Crippen LogP contribution in [0.25, 0.3) is 0 Å². The quantitative estimate of drug-likeness (QED) is 0.565. The maximum Gasteiger partial charge on any atom is 0.217 e. The number of aliphatic hydroxyl groups is 1. The highest BCUT2D eigenvalue weighted by Gasteiger charge is 2.48. The highest BCUT2D eigenvalue weighted by atomic mass is 16.3. The van der Waals surface area contributed by atoms with Crippen molar-refractivity contribution in [2.45, 2.75) is 25.8 Å². The van der Waals surface area contributed by atoms with Crippen LogP contribution in [0.5, 0.6) is 0 Å². The summed E-state index contributed by atoms with van der Waals surface area (Å²) in [7, 11) is 0. The molecule has 2 bridgehead atoms. The fourth-order valence-electron chi connectivity index (χ4n) is 2.60. The lowest BCUT2D eigenvalue weighted by atomic mass is 9.68. The molecule has 3 atom stereocenters. The molecule has 0 aromatic heterocycles. The summed E-state index contributed by atoms with van der Waals surface area (Å²) in [6.07, 6.45) is 0.211. The fourth-order valence-corrected chi connectivity index (χ4v) is 2.60. The minimum absolute atomic E-state index is 0.0121. The summed E-state index contributed by atoms with van der Waals surface area (Å²) < 4.78 is 0. The Morgan fingerprint density at radius 3 is 2.53 bits per heavy atom. The number of amides is 1. The Bertz CT molecular complexity index is 441. The van der Waals surface area contributed by atoms with E-state index in [1.807, 2.05) is 0 Å². The van der Waals surface area contributed by atoms with E-state index in [4.69, 9.17) is 5.73 Å². The van der Waals surface area contributed by atoms with Crippen molar-refractivity contribution in [1.29, 1.82) is 0 Å². The molecule has 1 saturated carbocycles. The molecule has 0 aliphatic heterocycles. The van der Waals surface area contributed by atoms with Gasteiger partial charge in [-0.15, -0.1) is 0 Å². The Labute approximate surface area is 97.9 Å². The Kier molecular flexibility index (Phi) is 2.65. The number of rotatable bonds is 1. The predicted molar refractivity (Wildman–Crippen MR) is 57.7 cm³/mol. The minimum Gasteiger partial charge on any atom is -0.503 e. The fraction of sp³-hybridized carbons (Fsp3) is 0.545. The second-order valence-electron chi connectivity index (χ2n) is 4.55. The van der Waals surface area contributed by atoms with E-state index >= 15 is 0 Å². The molecule has 2 rings (SSSR count). The first-order chi connectivity index (χ1) is 7.91. The molecule has 0 spiro atoms. The lowest BCUT2D eigenvalue weighted by molar-refractivity contribution is -0.135. The van der Waals surface area contributed by atoms with E-state index in [0.29, 0.717) is 0 Å². The molecule has 0 radical (unpaired) electrons. The molecular formula is C11H14N2O4. The lowest BCUT2D eigenvalue weighted by Gasteiger charge is -2.40. The lowest BCUT2D eigenvalue weighted by Crippen LogP contribution is -2.56. The van der Waals surface area contributed by atoms with Gasteiger partial charge in [-0.25, -0.2) is 0 Å². The summed E-state index contributed by atoms with van der Waals surface area (Å²) in [4.78, 5) is 34.4. The van der Waals surface area contributed by atoms with Crippen molar-refractivity contribution < 1.29 is 19.5 Å². The molecule has 6 heteroatoms. The second-order valence-corrected chi connectivity index (χ2v) is 4.55. The Morgan fingerprint density at radius 2 is 1.94 bits per heavy atom. The highest BCUT2D eigenvalue weighted by molar-refractivity contribution is 6.01.